The summed E-state index contributed by atoms with van der Waals surface area (Å²) < 4.78 is 5.80. The van der Waals surface area contributed by atoms with Gasteiger partial charge in [-0.05, 0) is 61.3 Å². The van der Waals surface area contributed by atoms with E-state index in [1.165, 1.54) is 64.2 Å². The van der Waals surface area contributed by atoms with Gasteiger partial charge >= 0.3 is 0 Å². The fourth-order valence-electron chi connectivity index (χ4n) is 3.35. The highest BCUT2D eigenvalue weighted by atomic mass is 32.1. The van der Waals surface area contributed by atoms with Gasteiger partial charge in [-0.1, -0.05) is 58.3 Å². The fourth-order valence-corrected chi connectivity index (χ4v) is 3.57. The second kappa shape index (κ2) is 13.5. The largest absolute Gasteiger partial charge is 0.494 e. The lowest BCUT2D eigenvalue weighted by Crippen LogP contribution is -2.40. The zero-order valence-corrected chi connectivity index (χ0v) is 17.5. The molecule has 2 N–H and O–H groups in total. The van der Waals surface area contributed by atoms with Crippen molar-refractivity contribution in [3.05, 3.63) is 29.8 Å². The summed E-state index contributed by atoms with van der Waals surface area (Å²) in [4.78, 5) is 0. The topological polar surface area (TPSA) is 45.6 Å². The second-order valence-electron chi connectivity index (χ2n) is 7.36. The van der Waals surface area contributed by atoms with Gasteiger partial charge in [0.05, 0.1) is 12.8 Å². The van der Waals surface area contributed by atoms with Gasteiger partial charge in [0.25, 0.3) is 0 Å². The summed E-state index contributed by atoms with van der Waals surface area (Å²) >= 11 is 5.31. The molecule has 0 heterocycles. The zero-order valence-electron chi connectivity index (χ0n) is 16.7. The van der Waals surface area contributed by atoms with Crippen molar-refractivity contribution < 1.29 is 4.74 Å². The monoisotopic (exact) mass is 389 g/mol. The van der Waals surface area contributed by atoms with Crippen LogP contribution in [0.4, 0.5) is 0 Å². The van der Waals surface area contributed by atoms with E-state index in [2.05, 4.69) is 22.8 Å². The molecule has 0 unspecified atom stereocenters. The van der Waals surface area contributed by atoms with Crippen molar-refractivity contribution in [2.45, 2.75) is 83.6 Å². The van der Waals surface area contributed by atoms with Gasteiger partial charge in [0.2, 0.25) is 0 Å². The molecule has 0 radical (unpaired) electrons. The van der Waals surface area contributed by atoms with Crippen molar-refractivity contribution in [3.63, 3.8) is 0 Å². The first-order valence-corrected chi connectivity index (χ1v) is 11.0. The van der Waals surface area contributed by atoms with Gasteiger partial charge < -0.3 is 10.1 Å². The average Bonchev–Trinajstić information content (AvgIpc) is 2.69. The number of thiocarbonyl (C=S) groups is 1. The van der Waals surface area contributed by atoms with Crippen LogP contribution in [0, 0.1) is 0 Å². The molecule has 1 aromatic carbocycles. The lowest BCUT2D eigenvalue weighted by atomic mass is 9.96. The Morgan fingerprint density at radius 3 is 2.52 bits per heavy atom. The minimum atomic E-state index is 0.497. The van der Waals surface area contributed by atoms with E-state index in [-0.39, 0.29) is 0 Å². The first-order chi connectivity index (χ1) is 13.3. The van der Waals surface area contributed by atoms with Crippen LogP contribution in [0.3, 0.4) is 0 Å². The maximum Gasteiger partial charge on any atom is 0.187 e. The summed E-state index contributed by atoms with van der Waals surface area (Å²) in [5.74, 6) is 0.920. The van der Waals surface area contributed by atoms with Gasteiger partial charge in [-0.3, -0.25) is 5.43 Å². The maximum absolute atomic E-state index is 5.80. The Balaban J connectivity index is 1.60. The minimum Gasteiger partial charge on any atom is -0.494 e. The summed E-state index contributed by atoms with van der Waals surface area (Å²) in [5.41, 5.74) is 3.94. The Labute approximate surface area is 170 Å². The number of nitrogens with one attached hydrogen (secondary N) is 2. The first kappa shape index (κ1) is 21.7. The lowest BCUT2D eigenvalue weighted by Gasteiger charge is -2.23. The number of ether oxygens (including phenoxy) is 1. The molecule has 2 rings (SSSR count). The number of benzene rings is 1. The minimum absolute atomic E-state index is 0.497. The van der Waals surface area contributed by atoms with Gasteiger partial charge in [-0.2, -0.15) is 5.10 Å². The molecule has 1 fully saturated rings. The normalized spacial score (nSPS) is 15.0. The van der Waals surface area contributed by atoms with Crippen LogP contribution in [0.15, 0.2) is 29.4 Å². The second-order valence-corrected chi connectivity index (χ2v) is 7.77. The van der Waals surface area contributed by atoms with Gasteiger partial charge in [0.1, 0.15) is 5.75 Å². The molecular weight excluding hydrogens is 354 g/mol. The third-order valence-electron chi connectivity index (χ3n) is 4.97. The third-order valence-corrected chi connectivity index (χ3v) is 5.18. The molecule has 0 spiro atoms. The van der Waals surface area contributed by atoms with E-state index in [4.69, 9.17) is 17.0 Å². The smallest absolute Gasteiger partial charge is 0.187 e. The summed E-state index contributed by atoms with van der Waals surface area (Å²) in [5, 5.41) is 8.18. The number of rotatable bonds is 11. The Hall–Kier alpha value is -1.62. The number of unbranched alkanes of at least 4 members (excludes halogenated alkanes) is 5. The Morgan fingerprint density at radius 2 is 1.78 bits per heavy atom. The molecule has 27 heavy (non-hydrogen) atoms. The molecule has 1 aliphatic rings. The fraction of sp³-hybridized carbons (Fsp3) is 0.636. The summed E-state index contributed by atoms with van der Waals surface area (Å²) in [6.45, 7) is 3.04. The van der Waals surface area contributed by atoms with Crippen molar-refractivity contribution in [1.29, 1.82) is 0 Å². The Bertz CT molecular complexity index is 553. The van der Waals surface area contributed by atoms with Crippen LogP contribution >= 0.6 is 12.2 Å². The molecule has 5 heteroatoms. The van der Waals surface area contributed by atoms with Gasteiger partial charge in [0.15, 0.2) is 5.11 Å². The first-order valence-electron chi connectivity index (χ1n) is 10.6. The highest BCUT2D eigenvalue weighted by Gasteiger charge is 2.13. The van der Waals surface area contributed by atoms with Gasteiger partial charge in [0, 0.05) is 6.04 Å². The number of hydrazone groups is 1. The maximum atomic E-state index is 5.80. The van der Waals surface area contributed by atoms with Crippen molar-refractivity contribution in [2.24, 2.45) is 5.10 Å². The molecule has 0 saturated heterocycles. The van der Waals surface area contributed by atoms with Crippen molar-refractivity contribution >= 4 is 23.5 Å². The van der Waals surface area contributed by atoms with Crippen LogP contribution in [0.25, 0.3) is 0 Å². The Kier molecular flexibility index (Phi) is 10.9. The summed E-state index contributed by atoms with van der Waals surface area (Å²) in [6, 6.07) is 8.52. The van der Waals surface area contributed by atoms with Crippen LogP contribution in [-0.2, 0) is 0 Å². The van der Waals surface area contributed by atoms with Crippen LogP contribution in [-0.4, -0.2) is 24.0 Å². The van der Waals surface area contributed by atoms with E-state index in [0.717, 1.165) is 24.3 Å². The van der Waals surface area contributed by atoms with E-state index in [9.17, 15) is 0 Å². The summed E-state index contributed by atoms with van der Waals surface area (Å²) in [7, 11) is 0. The summed E-state index contributed by atoms with van der Waals surface area (Å²) in [6.07, 6.45) is 15.8. The van der Waals surface area contributed by atoms with Crippen molar-refractivity contribution in [3.8, 4) is 5.75 Å². The molecule has 0 amide bonds. The van der Waals surface area contributed by atoms with Gasteiger partial charge in [-0.25, -0.2) is 0 Å². The van der Waals surface area contributed by atoms with Crippen LogP contribution in [0.2, 0.25) is 0 Å². The number of hydrogen-bond acceptors (Lipinski definition) is 3. The molecule has 0 aromatic heterocycles. The highest BCUT2D eigenvalue weighted by Crippen LogP contribution is 2.17. The SMILES string of the molecule is CCCCCCCCOc1ccc(C=NNC(=S)NC2CCCCC2)cc1. The molecule has 1 aliphatic carbocycles. The number of nitrogens with zero attached hydrogens (tertiary/aromatic N) is 1. The molecule has 4 nitrogen and oxygen atoms in total. The molecule has 150 valence electrons. The van der Waals surface area contributed by atoms with E-state index < -0.39 is 0 Å². The standard InChI is InChI=1S/C22H35N3OS/c1-2-3-4-5-6-10-17-26-21-15-13-19(14-16-21)18-23-25-22(27)24-20-11-8-7-9-12-20/h13-16,18,20H,2-12,17H2,1H3,(H2,24,25,27). The van der Waals surface area contributed by atoms with Crippen molar-refractivity contribution in [2.75, 3.05) is 6.61 Å². The Morgan fingerprint density at radius 1 is 1.07 bits per heavy atom. The predicted octanol–water partition coefficient (Wildman–Crippen LogP) is 5.56. The molecule has 0 bridgehead atoms. The third kappa shape index (κ3) is 9.76. The van der Waals surface area contributed by atoms with Gasteiger partial charge in [-0.15, -0.1) is 0 Å². The highest BCUT2D eigenvalue weighted by molar-refractivity contribution is 7.80. The zero-order chi connectivity index (χ0) is 19.2. The van der Waals surface area contributed by atoms with Crippen LogP contribution < -0.4 is 15.5 Å². The van der Waals surface area contributed by atoms with E-state index >= 15 is 0 Å². The molecule has 1 saturated carbocycles. The number of hydrogen-bond donors (Lipinski definition) is 2. The van der Waals surface area contributed by atoms with Crippen molar-refractivity contribution in [1.82, 2.24) is 10.7 Å². The molecular formula is C22H35N3OS. The van der Waals surface area contributed by atoms with Crippen LogP contribution in [0.1, 0.15) is 83.1 Å². The predicted molar refractivity (Wildman–Crippen MR) is 119 cm³/mol. The van der Waals surface area contributed by atoms with E-state index in [1.807, 2.05) is 24.3 Å². The molecule has 1 aromatic rings. The molecule has 0 atom stereocenters. The van der Waals surface area contributed by atoms with E-state index in [1.54, 1.807) is 6.21 Å². The van der Waals surface area contributed by atoms with Crippen LogP contribution in [0.5, 0.6) is 5.75 Å². The lowest BCUT2D eigenvalue weighted by molar-refractivity contribution is 0.304. The quantitative estimate of drug-likeness (QED) is 0.225. The molecule has 0 aliphatic heterocycles. The van der Waals surface area contributed by atoms with E-state index in [0.29, 0.717) is 11.2 Å². The average molecular weight is 390 g/mol.